The summed E-state index contributed by atoms with van der Waals surface area (Å²) in [4.78, 5) is 12.0. The molecule has 0 atom stereocenters. The highest BCUT2D eigenvalue weighted by atomic mass is 19.1. The Morgan fingerprint density at radius 2 is 1.76 bits per heavy atom. The molecule has 0 aliphatic rings. The zero-order valence-electron chi connectivity index (χ0n) is 8.85. The second kappa shape index (κ2) is 4.25. The van der Waals surface area contributed by atoms with Crippen molar-refractivity contribution in [1.82, 2.24) is 0 Å². The van der Waals surface area contributed by atoms with E-state index in [-0.39, 0.29) is 22.8 Å². The van der Waals surface area contributed by atoms with E-state index in [1.54, 1.807) is 0 Å². The Hall–Kier alpha value is -2.36. The van der Waals surface area contributed by atoms with Crippen molar-refractivity contribution in [1.29, 1.82) is 0 Å². The van der Waals surface area contributed by atoms with E-state index in [4.69, 9.17) is 10.8 Å². The molecule has 17 heavy (non-hydrogen) atoms. The summed E-state index contributed by atoms with van der Waals surface area (Å²) in [5.41, 5.74) is 6.32. The van der Waals surface area contributed by atoms with Crippen molar-refractivity contribution in [2.24, 2.45) is 0 Å². The number of carbonyl (C=O) groups excluding carboxylic acids is 1. The monoisotopic (exact) mass is 231 g/mol. The second-order valence-corrected chi connectivity index (χ2v) is 3.61. The lowest BCUT2D eigenvalue weighted by Crippen LogP contribution is -2.05. The normalized spacial score (nSPS) is 10.2. The molecule has 0 spiro atoms. The number of halogens is 1. The molecular weight excluding hydrogens is 221 g/mol. The first kappa shape index (κ1) is 11.1. The van der Waals surface area contributed by atoms with Crippen LogP contribution in [0.1, 0.15) is 15.9 Å². The number of hydrogen-bond donors (Lipinski definition) is 2. The lowest BCUT2D eigenvalue weighted by molar-refractivity contribution is 0.103. The zero-order chi connectivity index (χ0) is 12.4. The van der Waals surface area contributed by atoms with E-state index in [0.29, 0.717) is 5.56 Å². The van der Waals surface area contributed by atoms with Gasteiger partial charge in [-0.25, -0.2) is 4.39 Å². The number of hydrogen-bond acceptors (Lipinski definition) is 3. The Balaban J connectivity index is 2.40. The van der Waals surface area contributed by atoms with Crippen molar-refractivity contribution in [3.63, 3.8) is 0 Å². The Bertz CT molecular complexity index is 564. The van der Waals surface area contributed by atoms with Gasteiger partial charge in [-0.05, 0) is 42.5 Å². The largest absolute Gasteiger partial charge is 0.508 e. The second-order valence-electron chi connectivity index (χ2n) is 3.61. The van der Waals surface area contributed by atoms with E-state index in [0.717, 1.165) is 6.07 Å². The first-order valence-electron chi connectivity index (χ1n) is 4.96. The van der Waals surface area contributed by atoms with Crippen LogP contribution in [0.25, 0.3) is 0 Å². The van der Waals surface area contributed by atoms with Gasteiger partial charge in [-0.15, -0.1) is 0 Å². The standard InChI is InChI=1S/C13H10FNO2/c14-9-3-6-11(12(15)7-9)13(17)8-1-4-10(16)5-2-8/h1-7,16H,15H2. The molecule has 0 radical (unpaired) electrons. The summed E-state index contributed by atoms with van der Waals surface area (Å²) >= 11 is 0. The van der Waals surface area contributed by atoms with E-state index < -0.39 is 5.82 Å². The maximum absolute atomic E-state index is 12.8. The van der Waals surface area contributed by atoms with Gasteiger partial charge in [0, 0.05) is 16.8 Å². The summed E-state index contributed by atoms with van der Waals surface area (Å²) in [5, 5.41) is 9.11. The van der Waals surface area contributed by atoms with Crippen LogP contribution in [0.4, 0.5) is 10.1 Å². The van der Waals surface area contributed by atoms with Gasteiger partial charge in [0.25, 0.3) is 0 Å². The zero-order valence-corrected chi connectivity index (χ0v) is 8.85. The molecule has 2 aromatic carbocycles. The van der Waals surface area contributed by atoms with Gasteiger partial charge >= 0.3 is 0 Å². The molecule has 86 valence electrons. The van der Waals surface area contributed by atoms with Gasteiger partial charge in [0.2, 0.25) is 0 Å². The average molecular weight is 231 g/mol. The Morgan fingerprint density at radius 1 is 1.12 bits per heavy atom. The number of carbonyl (C=O) groups is 1. The van der Waals surface area contributed by atoms with E-state index in [9.17, 15) is 9.18 Å². The molecular formula is C13H10FNO2. The number of anilines is 1. The minimum Gasteiger partial charge on any atom is -0.508 e. The molecule has 0 aromatic heterocycles. The third-order valence-electron chi connectivity index (χ3n) is 2.39. The topological polar surface area (TPSA) is 63.3 Å². The van der Waals surface area contributed by atoms with E-state index >= 15 is 0 Å². The summed E-state index contributed by atoms with van der Waals surface area (Å²) < 4.78 is 12.8. The van der Waals surface area contributed by atoms with Crippen molar-refractivity contribution in [2.75, 3.05) is 5.73 Å². The third-order valence-corrected chi connectivity index (χ3v) is 2.39. The molecule has 0 aliphatic heterocycles. The van der Waals surface area contributed by atoms with Gasteiger partial charge in [0.15, 0.2) is 5.78 Å². The molecule has 0 heterocycles. The quantitative estimate of drug-likeness (QED) is 0.616. The predicted molar refractivity (Wildman–Crippen MR) is 62.4 cm³/mol. The molecule has 3 N–H and O–H groups in total. The molecule has 0 unspecified atom stereocenters. The van der Waals surface area contributed by atoms with Crippen LogP contribution >= 0.6 is 0 Å². The van der Waals surface area contributed by atoms with Crippen molar-refractivity contribution in [2.45, 2.75) is 0 Å². The molecule has 3 nitrogen and oxygen atoms in total. The SMILES string of the molecule is Nc1cc(F)ccc1C(=O)c1ccc(O)cc1. The van der Waals surface area contributed by atoms with Crippen LogP contribution in [-0.2, 0) is 0 Å². The van der Waals surface area contributed by atoms with Gasteiger partial charge in [-0.3, -0.25) is 4.79 Å². The number of ketones is 1. The lowest BCUT2D eigenvalue weighted by atomic mass is 10.0. The number of phenolic OH excluding ortho intramolecular Hbond substituents is 1. The summed E-state index contributed by atoms with van der Waals surface area (Å²) in [6.07, 6.45) is 0. The highest BCUT2D eigenvalue weighted by molar-refractivity contribution is 6.12. The Labute approximate surface area is 97.3 Å². The first-order valence-corrected chi connectivity index (χ1v) is 4.96. The predicted octanol–water partition coefficient (Wildman–Crippen LogP) is 2.34. The minimum atomic E-state index is -0.482. The Morgan fingerprint density at radius 3 is 2.35 bits per heavy atom. The fraction of sp³-hybridized carbons (Fsp3) is 0. The van der Waals surface area contributed by atoms with Crippen molar-refractivity contribution in [3.05, 3.63) is 59.4 Å². The highest BCUT2D eigenvalue weighted by Crippen LogP contribution is 2.19. The molecule has 0 amide bonds. The van der Waals surface area contributed by atoms with Gasteiger partial charge in [0.05, 0.1) is 0 Å². The number of aromatic hydroxyl groups is 1. The van der Waals surface area contributed by atoms with E-state index in [2.05, 4.69) is 0 Å². The van der Waals surface area contributed by atoms with Crippen LogP contribution in [0.15, 0.2) is 42.5 Å². The smallest absolute Gasteiger partial charge is 0.195 e. The number of nitrogens with two attached hydrogens (primary N) is 1. The summed E-state index contributed by atoms with van der Waals surface area (Å²) in [6.45, 7) is 0. The van der Waals surface area contributed by atoms with Gasteiger partial charge in [-0.1, -0.05) is 0 Å². The number of rotatable bonds is 2. The van der Waals surface area contributed by atoms with Gasteiger partial charge in [0.1, 0.15) is 11.6 Å². The minimum absolute atomic E-state index is 0.0774. The summed E-state index contributed by atoms with van der Waals surface area (Å²) in [6, 6.07) is 9.43. The summed E-state index contributed by atoms with van der Waals surface area (Å²) in [5.74, 6) is -0.708. The molecule has 0 fully saturated rings. The number of nitrogen functional groups attached to an aromatic ring is 1. The van der Waals surface area contributed by atoms with Crippen LogP contribution < -0.4 is 5.73 Å². The molecule has 0 bridgehead atoms. The maximum atomic E-state index is 12.8. The molecule has 4 heteroatoms. The highest BCUT2D eigenvalue weighted by Gasteiger charge is 2.12. The van der Waals surface area contributed by atoms with Gasteiger partial charge in [-0.2, -0.15) is 0 Å². The number of phenols is 1. The number of benzene rings is 2. The molecule has 0 saturated heterocycles. The first-order chi connectivity index (χ1) is 8.08. The van der Waals surface area contributed by atoms with E-state index in [1.807, 2.05) is 0 Å². The maximum Gasteiger partial charge on any atom is 0.195 e. The van der Waals surface area contributed by atoms with Crippen molar-refractivity contribution in [3.8, 4) is 5.75 Å². The van der Waals surface area contributed by atoms with Crippen LogP contribution in [0.2, 0.25) is 0 Å². The third kappa shape index (κ3) is 2.25. The molecule has 2 aromatic rings. The molecule has 0 aliphatic carbocycles. The lowest BCUT2D eigenvalue weighted by Gasteiger charge is -2.05. The average Bonchev–Trinajstić information content (AvgIpc) is 2.29. The van der Waals surface area contributed by atoms with Crippen LogP contribution in [-0.4, -0.2) is 10.9 Å². The van der Waals surface area contributed by atoms with Crippen LogP contribution in [0.5, 0.6) is 5.75 Å². The summed E-state index contributed by atoms with van der Waals surface area (Å²) in [7, 11) is 0. The van der Waals surface area contributed by atoms with Crippen LogP contribution in [0, 0.1) is 5.82 Å². The molecule has 0 saturated carbocycles. The van der Waals surface area contributed by atoms with Crippen molar-refractivity contribution >= 4 is 11.5 Å². The molecule has 2 rings (SSSR count). The fourth-order valence-corrected chi connectivity index (χ4v) is 1.51. The fourth-order valence-electron chi connectivity index (χ4n) is 1.51. The van der Waals surface area contributed by atoms with E-state index in [1.165, 1.54) is 36.4 Å². The van der Waals surface area contributed by atoms with Crippen molar-refractivity contribution < 1.29 is 14.3 Å². The van der Waals surface area contributed by atoms with Crippen LogP contribution in [0.3, 0.4) is 0 Å². The van der Waals surface area contributed by atoms with Gasteiger partial charge < -0.3 is 10.8 Å². The Kier molecular flexibility index (Phi) is 2.78.